The average Bonchev–Trinajstić information content (AvgIpc) is 2.79. The van der Waals surface area contributed by atoms with Crippen molar-refractivity contribution in [3.63, 3.8) is 0 Å². The molecule has 0 aliphatic carbocycles. The van der Waals surface area contributed by atoms with Gasteiger partial charge in [-0.25, -0.2) is 9.59 Å². The summed E-state index contributed by atoms with van der Waals surface area (Å²) < 4.78 is 10.8. The van der Waals surface area contributed by atoms with Crippen LogP contribution in [0.15, 0.2) is 26.8 Å². The quantitative estimate of drug-likeness (QED) is 0.643. The van der Waals surface area contributed by atoms with E-state index in [1.165, 1.54) is 11.8 Å². The van der Waals surface area contributed by atoms with Crippen LogP contribution in [0, 0.1) is 6.92 Å². The summed E-state index contributed by atoms with van der Waals surface area (Å²) in [5, 5.41) is 6.11. The van der Waals surface area contributed by atoms with Crippen LogP contribution in [0.4, 0.5) is 4.79 Å². The van der Waals surface area contributed by atoms with Gasteiger partial charge in [0.15, 0.2) is 5.09 Å². The van der Waals surface area contributed by atoms with E-state index in [4.69, 9.17) is 9.15 Å². The lowest BCUT2D eigenvalue weighted by Crippen LogP contribution is -2.45. The number of allylic oxidation sites excluding steroid dienone is 1. The number of esters is 1. The molecule has 0 bridgehead atoms. The molecule has 2 heterocycles. The standard InChI is InChI=1S/C15H20N2O4S/c1-5-20-13(18)11-9(4)16-15(19)17-12(11)10-7-8(3)21-14(10)22-6-2/h7,12H,5-6H2,1-4H3,(H2,16,17,19). The third kappa shape index (κ3) is 3.30. The molecular formula is C15H20N2O4S. The fourth-order valence-electron chi connectivity index (χ4n) is 2.36. The number of ether oxygens (including phenoxy) is 1. The Labute approximate surface area is 133 Å². The fraction of sp³-hybridized carbons (Fsp3) is 0.467. The van der Waals surface area contributed by atoms with Crippen molar-refractivity contribution < 1.29 is 18.7 Å². The van der Waals surface area contributed by atoms with Crippen molar-refractivity contribution in [1.82, 2.24) is 10.6 Å². The molecular weight excluding hydrogens is 304 g/mol. The zero-order valence-corrected chi connectivity index (χ0v) is 13.9. The number of urea groups is 1. The number of thioether (sulfide) groups is 1. The second kappa shape index (κ2) is 6.91. The number of nitrogens with one attached hydrogen (secondary N) is 2. The SMILES string of the molecule is CCOC(=O)C1=C(C)NC(=O)NC1c1cc(C)oc1SCC. The van der Waals surface area contributed by atoms with Gasteiger partial charge < -0.3 is 19.8 Å². The van der Waals surface area contributed by atoms with Crippen molar-refractivity contribution >= 4 is 23.8 Å². The molecule has 1 aromatic heterocycles. The number of furan rings is 1. The first-order valence-electron chi connectivity index (χ1n) is 7.16. The lowest BCUT2D eigenvalue weighted by atomic mass is 9.97. The van der Waals surface area contributed by atoms with Gasteiger partial charge in [-0.3, -0.25) is 0 Å². The Morgan fingerprint density at radius 3 is 2.77 bits per heavy atom. The van der Waals surface area contributed by atoms with Gasteiger partial charge in [0.2, 0.25) is 0 Å². The molecule has 0 saturated heterocycles. The molecule has 120 valence electrons. The molecule has 0 fully saturated rings. The van der Waals surface area contributed by atoms with E-state index in [-0.39, 0.29) is 12.6 Å². The number of rotatable bonds is 5. The van der Waals surface area contributed by atoms with E-state index in [9.17, 15) is 9.59 Å². The van der Waals surface area contributed by atoms with E-state index < -0.39 is 12.0 Å². The minimum atomic E-state index is -0.570. The Hall–Kier alpha value is -1.89. The van der Waals surface area contributed by atoms with Crippen LogP contribution in [-0.4, -0.2) is 24.4 Å². The van der Waals surface area contributed by atoms with Crippen LogP contribution >= 0.6 is 11.8 Å². The molecule has 1 aliphatic rings. The monoisotopic (exact) mass is 324 g/mol. The second-order valence-electron chi connectivity index (χ2n) is 4.82. The minimum Gasteiger partial charge on any atom is -0.463 e. The van der Waals surface area contributed by atoms with Crippen LogP contribution in [0.2, 0.25) is 0 Å². The van der Waals surface area contributed by atoms with E-state index in [1.54, 1.807) is 13.8 Å². The van der Waals surface area contributed by atoms with Gasteiger partial charge in [0.05, 0.1) is 18.2 Å². The van der Waals surface area contributed by atoms with E-state index in [0.717, 1.165) is 17.1 Å². The van der Waals surface area contributed by atoms with E-state index in [2.05, 4.69) is 10.6 Å². The molecule has 1 aromatic rings. The summed E-state index contributed by atoms with van der Waals surface area (Å²) >= 11 is 1.53. The first kappa shape index (κ1) is 16.5. The molecule has 0 saturated carbocycles. The van der Waals surface area contributed by atoms with Crippen LogP contribution in [0.5, 0.6) is 0 Å². The highest BCUT2D eigenvalue weighted by Crippen LogP contribution is 2.36. The molecule has 6 nitrogen and oxygen atoms in total. The third-order valence-electron chi connectivity index (χ3n) is 3.20. The fourth-order valence-corrected chi connectivity index (χ4v) is 3.16. The van der Waals surface area contributed by atoms with Crippen LogP contribution < -0.4 is 10.6 Å². The first-order chi connectivity index (χ1) is 10.5. The first-order valence-corrected chi connectivity index (χ1v) is 8.15. The number of carbonyl (C=O) groups excluding carboxylic acids is 2. The molecule has 1 unspecified atom stereocenters. The highest BCUT2D eigenvalue weighted by atomic mass is 32.2. The maximum absolute atomic E-state index is 12.3. The number of carbonyl (C=O) groups is 2. The molecule has 1 aliphatic heterocycles. The molecule has 0 radical (unpaired) electrons. The van der Waals surface area contributed by atoms with Gasteiger partial charge in [-0.15, -0.1) is 0 Å². The largest absolute Gasteiger partial charge is 0.463 e. The van der Waals surface area contributed by atoms with Gasteiger partial charge in [-0.1, -0.05) is 18.7 Å². The zero-order valence-electron chi connectivity index (χ0n) is 13.1. The number of hydrogen-bond acceptors (Lipinski definition) is 5. The molecule has 2 N–H and O–H groups in total. The number of amides is 2. The highest BCUT2D eigenvalue weighted by Gasteiger charge is 2.34. The van der Waals surface area contributed by atoms with Gasteiger partial charge in [0, 0.05) is 11.3 Å². The predicted octanol–water partition coefficient (Wildman–Crippen LogP) is 2.89. The topological polar surface area (TPSA) is 80.6 Å². The van der Waals surface area contributed by atoms with Crippen molar-refractivity contribution in [2.75, 3.05) is 12.4 Å². The van der Waals surface area contributed by atoms with Crippen molar-refractivity contribution in [3.05, 3.63) is 28.7 Å². The van der Waals surface area contributed by atoms with Crippen LogP contribution in [0.3, 0.4) is 0 Å². The van der Waals surface area contributed by atoms with Crippen molar-refractivity contribution in [2.45, 2.75) is 38.8 Å². The van der Waals surface area contributed by atoms with Crippen LogP contribution in [0.1, 0.15) is 38.1 Å². The van der Waals surface area contributed by atoms with Crippen molar-refractivity contribution in [2.24, 2.45) is 0 Å². The Morgan fingerprint density at radius 2 is 2.14 bits per heavy atom. The molecule has 1 atom stereocenters. The Morgan fingerprint density at radius 1 is 1.41 bits per heavy atom. The minimum absolute atomic E-state index is 0.275. The summed E-state index contributed by atoms with van der Waals surface area (Å²) in [6, 6.07) is 0.932. The summed E-state index contributed by atoms with van der Waals surface area (Å²) in [5.41, 5.74) is 1.68. The molecule has 22 heavy (non-hydrogen) atoms. The summed E-state index contributed by atoms with van der Waals surface area (Å²) in [6.45, 7) is 7.57. The molecule has 7 heteroatoms. The van der Waals surface area contributed by atoms with Gasteiger partial charge >= 0.3 is 12.0 Å². The molecule has 2 rings (SSSR count). The van der Waals surface area contributed by atoms with Gasteiger partial charge in [0.1, 0.15) is 5.76 Å². The predicted molar refractivity (Wildman–Crippen MR) is 83.6 cm³/mol. The lowest BCUT2D eigenvalue weighted by Gasteiger charge is -2.27. The van der Waals surface area contributed by atoms with Gasteiger partial charge in [-0.2, -0.15) is 0 Å². The average molecular weight is 324 g/mol. The van der Waals surface area contributed by atoms with Crippen molar-refractivity contribution in [1.29, 1.82) is 0 Å². The highest BCUT2D eigenvalue weighted by molar-refractivity contribution is 7.99. The summed E-state index contributed by atoms with van der Waals surface area (Å²) in [4.78, 5) is 24.1. The Bertz CT molecular complexity index is 621. The number of hydrogen-bond donors (Lipinski definition) is 2. The molecule has 0 spiro atoms. The maximum Gasteiger partial charge on any atom is 0.338 e. The summed E-state index contributed by atoms with van der Waals surface area (Å²) in [7, 11) is 0. The zero-order chi connectivity index (χ0) is 16.3. The van der Waals surface area contributed by atoms with Crippen molar-refractivity contribution in [3.8, 4) is 0 Å². The summed E-state index contributed by atoms with van der Waals surface area (Å²) in [5.74, 6) is 1.12. The smallest absolute Gasteiger partial charge is 0.338 e. The van der Waals surface area contributed by atoms with E-state index in [0.29, 0.717) is 16.4 Å². The molecule has 2 amide bonds. The number of aryl methyl sites for hydroxylation is 1. The van der Waals surface area contributed by atoms with Crippen LogP contribution in [-0.2, 0) is 9.53 Å². The third-order valence-corrected chi connectivity index (χ3v) is 4.07. The normalized spacial score (nSPS) is 18.0. The Balaban J connectivity index is 2.48. The van der Waals surface area contributed by atoms with E-state index in [1.807, 2.05) is 19.9 Å². The Kier molecular flexibility index (Phi) is 5.18. The summed E-state index contributed by atoms with van der Waals surface area (Å²) in [6.07, 6.45) is 0. The molecule has 0 aromatic carbocycles. The van der Waals surface area contributed by atoms with E-state index >= 15 is 0 Å². The van der Waals surface area contributed by atoms with Gasteiger partial charge in [0.25, 0.3) is 0 Å². The van der Waals surface area contributed by atoms with Gasteiger partial charge in [-0.05, 0) is 32.6 Å². The second-order valence-corrected chi connectivity index (χ2v) is 6.06. The van der Waals surface area contributed by atoms with Crippen LogP contribution in [0.25, 0.3) is 0 Å². The lowest BCUT2D eigenvalue weighted by molar-refractivity contribution is -0.139. The maximum atomic E-state index is 12.3.